The summed E-state index contributed by atoms with van der Waals surface area (Å²) < 4.78 is 16.0. The Morgan fingerprint density at radius 2 is 1.81 bits per heavy atom. The van der Waals surface area contributed by atoms with Gasteiger partial charge in [0.05, 0.1) is 5.69 Å². The number of rotatable bonds is 6. The maximum absolute atomic E-state index is 11.8. The molecule has 138 valence electrons. The zero-order chi connectivity index (χ0) is 19.2. The van der Waals surface area contributed by atoms with Crippen LogP contribution in [-0.4, -0.2) is 25.1 Å². The number of halogens is 1. The van der Waals surface area contributed by atoms with E-state index in [1.54, 1.807) is 36.4 Å². The number of ether oxygens (including phenoxy) is 2. The van der Waals surface area contributed by atoms with Crippen LogP contribution < -0.4 is 15.7 Å². The fourth-order valence-corrected chi connectivity index (χ4v) is 2.59. The number of benzene rings is 2. The molecule has 0 aliphatic carbocycles. The number of hydrogen-bond donors (Lipinski definition) is 1. The van der Waals surface area contributed by atoms with E-state index in [2.05, 4.69) is 21.2 Å². The van der Waals surface area contributed by atoms with Gasteiger partial charge < -0.3 is 19.2 Å². The van der Waals surface area contributed by atoms with Crippen molar-refractivity contribution in [2.24, 2.45) is 0 Å². The first-order chi connectivity index (χ1) is 13.0. The lowest BCUT2D eigenvalue weighted by atomic mass is 10.2. The molecule has 7 nitrogen and oxygen atoms in total. The zero-order valence-electron chi connectivity index (χ0n) is 13.9. The highest BCUT2D eigenvalue weighted by molar-refractivity contribution is 9.10. The van der Waals surface area contributed by atoms with E-state index in [4.69, 9.17) is 13.9 Å². The third-order valence-corrected chi connectivity index (χ3v) is 4.15. The van der Waals surface area contributed by atoms with Crippen LogP contribution in [-0.2, 0) is 14.3 Å². The quantitative estimate of drug-likeness (QED) is 0.475. The van der Waals surface area contributed by atoms with E-state index in [-0.39, 0.29) is 6.61 Å². The third kappa shape index (κ3) is 5.18. The molecule has 0 unspecified atom stereocenters. The maximum Gasteiger partial charge on any atom is 0.344 e. The van der Waals surface area contributed by atoms with Gasteiger partial charge in [0.15, 0.2) is 13.2 Å². The second kappa shape index (κ2) is 8.50. The molecular weight excluding hydrogens is 418 g/mol. The number of esters is 1. The van der Waals surface area contributed by atoms with Crippen molar-refractivity contribution in [3.05, 3.63) is 69.5 Å². The van der Waals surface area contributed by atoms with Crippen LogP contribution >= 0.6 is 15.9 Å². The van der Waals surface area contributed by atoms with Crippen LogP contribution in [0.1, 0.15) is 0 Å². The van der Waals surface area contributed by atoms with Crippen LogP contribution in [0.25, 0.3) is 11.0 Å². The Labute approximate surface area is 162 Å². The molecule has 0 radical (unpaired) electrons. The molecule has 3 rings (SSSR count). The Balaban J connectivity index is 1.49. The summed E-state index contributed by atoms with van der Waals surface area (Å²) in [4.78, 5) is 34.8. The average Bonchev–Trinajstić information content (AvgIpc) is 2.66. The first-order valence-corrected chi connectivity index (χ1v) is 8.67. The average molecular weight is 432 g/mol. The van der Waals surface area contributed by atoms with Gasteiger partial charge in [0.2, 0.25) is 0 Å². The molecule has 0 fully saturated rings. The van der Waals surface area contributed by atoms with Gasteiger partial charge in [0.25, 0.3) is 5.91 Å². The molecule has 3 aromatic rings. The molecule has 2 aromatic carbocycles. The molecule has 0 saturated heterocycles. The van der Waals surface area contributed by atoms with Crippen molar-refractivity contribution in [1.29, 1.82) is 0 Å². The van der Waals surface area contributed by atoms with Gasteiger partial charge in [-0.15, -0.1) is 0 Å². The van der Waals surface area contributed by atoms with E-state index < -0.39 is 24.1 Å². The predicted octanol–water partition coefficient (Wildman–Crippen LogP) is 3.12. The Morgan fingerprint density at radius 1 is 1.04 bits per heavy atom. The first-order valence-electron chi connectivity index (χ1n) is 7.88. The molecule has 0 atom stereocenters. The Bertz CT molecular complexity index is 1050. The highest BCUT2D eigenvalue weighted by atomic mass is 79.9. The van der Waals surface area contributed by atoms with Crippen LogP contribution in [0.3, 0.4) is 0 Å². The molecule has 0 spiro atoms. The van der Waals surface area contributed by atoms with Gasteiger partial charge in [0.1, 0.15) is 11.3 Å². The van der Waals surface area contributed by atoms with E-state index in [1.807, 2.05) is 6.07 Å². The van der Waals surface area contributed by atoms with E-state index in [0.717, 1.165) is 9.86 Å². The predicted molar refractivity (Wildman–Crippen MR) is 102 cm³/mol. The van der Waals surface area contributed by atoms with Gasteiger partial charge in [-0.1, -0.05) is 12.1 Å². The van der Waals surface area contributed by atoms with E-state index in [0.29, 0.717) is 17.0 Å². The topological polar surface area (TPSA) is 94.8 Å². The largest absolute Gasteiger partial charge is 0.482 e. The second-order valence-corrected chi connectivity index (χ2v) is 6.29. The van der Waals surface area contributed by atoms with Crippen molar-refractivity contribution in [3.8, 4) is 5.75 Å². The number of anilines is 1. The standard InChI is InChI=1S/C19H14BrNO6/c20-14-3-1-2-4-15(14)21-17(22)10-26-19(24)11-25-13-7-5-12-6-8-18(23)27-16(12)9-13/h1-9H,10-11H2,(H,21,22). The highest BCUT2D eigenvalue weighted by Crippen LogP contribution is 2.21. The number of nitrogens with one attached hydrogen (secondary N) is 1. The Morgan fingerprint density at radius 3 is 2.63 bits per heavy atom. The fraction of sp³-hybridized carbons (Fsp3) is 0.105. The monoisotopic (exact) mass is 431 g/mol. The number of para-hydroxylation sites is 1. The van der Waals surface area contributed by atoms with Gasteiger partial charge in [-0.3, -0.25) is 4.79 Å². The van der Waals surface area contributed by atoms with Gasteiger partial charge in [-0.2, -0.15) is 0 Å². The summed E-state index contributed by atoms with van der Waals surface area (Å²) in [6.45, 7) is -0.818. The molecule has 0 saturated carbocycles. The minimum atomic E-state index is -0.702. The number of fused-ring (bicyclic) bond motifs is 1. The minimum Gasteiger partial charge on any atom is -0.482 e. The van der Waals surface area contributed by atoms with E-state index >= 15 is 0 Å². The zero-order valence-corrected chi connectivity index (χ0v) is 15.5. The summed E-state index contributed by atoms with van der Waals surface area (Å²) >= 11 is 3.31. The third-order valence-electron chi connectivity index (χ3n) is 3.46. The van der Waals surface area contributed by atoms with Crippen molar-refractivity contribution < 1.29 is 23.5 Å². The van der Waals surface area contributed by atoms with Crippen molar-refractivity contribution in [2.75, 3.05) is 18.5 Å². The first kappa shape index (κ1) is 18.7. The summed E-state index contributed by atoms with van der Waals surface area (Å²) in [5.41, 5.74) is 0.448. The molecule has 1 heterocycles. The molecule has 1 N–H and O–H groups in total. The van der Waals surface area contributed by atoms with Crippen LogP contribution in [0.15, 0.2) is 68.3 Å². The fourth-order valence-electron chi connectivity index (χ4n) is 2.21. The number of carbonyl (C=O) groups excluding carboxylic acids is 2. The Hall–Kier alpha value is -3.13. The lowest BCUT2D eigenvalue weighted by Gasteiger charge is -2.09. The van der Waals surface area contributed by atoms with Crippen LogP contribution in [0.5, 0.6) is 5.75 Å². The molecule has 8 heteroatoms. The second-order valence-electron chi connectivity index (χ2n) is 5.43. The SMILES string of the molecule is O=C(COC(=O)COc1ccc2ccc(=O)oc2c1)Nc1ccccc1Br. The minimum absolute atomic E-state index is 0.339. The summed E-state index contributed by atoms with van der Waals surface area (Å²) in [6, 6.07) is 14.9. The van der Waals surface area contributed by atoms with Crippen molar-refractivity contribution in [3.63, 3.8) is 0 Å². The smallest absolute Gasteiger partial charge is 0.344 e. The lowest BCUT2D eigenvalue weighted by Crippen LogP contribution is -2.23. The van der Waals surface area contributed by atoms with Crippen molar-refractivity contribution in [1.82, 2.24) is 0 Å². The van der Waals surface area contributed by atoms with E-state index in [9.17, 15) is 14.4 Å². The van der Waals surface area contributed by atoms with Gasteiger partial charge in [-0.05, 0) is 46.3 Å². The van der Waals surface area contributed by atoms with Gasteiger partial charge >= 0.3 is 11.6 Å². The van der Waals surface area contributed by atoms with Gasteiger partial charge in [-0.25, -0.2) is 9.59 Å². The van der Waals surface area contributed by atoms with E-state index in [1.165, 1.54) is 12.1 Å². The highest BCUT2D eigenvalue weighted by Gasteiger charge is 2.10. The molecule has 0 aliphatic rings. The molecule has 1 aromatic heterocycles. The number of hydrogen-bond acceptors (Lipinski definition) is 6. The summed E-state index contributed by atoms with van der Waals surface area (Å²) in [7, 11) is 0. The number of amides is 1. The molecule has 1 amide bonds. The van der Waals surface area contributed by atoms with Crippen molar-refractivity contribution >= 4 is 44.5 Å². The van der Waals surface area contributed by atoms with Crippen molar-refractivity contribution in [2.45, 2.75) is 0 Å². The summed E-state index contributed by atoms with van der Waals surface area (Å²) in [6.07, 6.45) is 0. The molecule has 0 bridgehead atoms. The van der Waals surface area contributed by atoms with Crippen LogP contribution in [0.2, 0.25) is 0 Å². The number of carbonyl (C=O) groups is 2. The normalized spacial score (nSPS) is 10.4. The maximum atomic E-state index is 11.8. The van der Waals surface area contributed by atoms with Crippen LogP contribution in [0.4, 0.5) is 5.69 Å². The van der Waals surface area contributed by atoms with Crippen LogP contribution in [0, 0.1) is 0 Å². The van der Waals surface area contributed by atoms with Gasteiger partial charge in [0, 0.05) is 22.0 Å². The Kier molecular flexibility index (Phi) is 5.87. The lowest BCUT2D eigenvalue weighted by molar-refractivity contribution is -0.149. The summed E-state index contributed by atoms with van der Waals surface area (Å²) in [5.74, 6) is -0.832. The molecule has 0 aliphatic heterocycles. The summed E-state index contributed by atoms with van der Waals surface area (Å²) in [5, 5.41) is 3.35. The molecule has 27 heavy (non-hydrogen) atoms. The molecular formula is C19H14BrNO6.